The van der Waals surface area contributed by atoms with Gasteiger partial charge in [0.2, 0.25) is 5.91 Å². The van der Waals surface area contributed by atoms with Gasteiger partial charge in [0.1, 0.15) is 5.70 Å². The number of carboxylic acid groups (broad SMARTS) is 1. The van der Waals surface area contributed by atoms with Crippen LogP contribution in [0.25, 0.3) is 0 Å². The highest BCUT2D eigenvalue weighted by molar-refractivity contribution is 5.94. The van der Waals surface area contributed by atoms with E-state index in [9.17, 15) is 9.59 Å². The molecule has 1 aromatic rings. The van der Waals surface area contributed by atoms with E-state index in [1.807, 2.05) is 44.2 Å². The number of nitrogens with one attached hydrogen (secondary N) is 1. The van der Waals surface area contributed by atoms with E-state index in [2.05, 4.69) is 5.32 Å². The van der Waals surface area contributed by atoms with Crippen LogP contribution in [0.15, 0.2) is 42.1 Å². The van der Waals surface area contributed by atoms with Gasteiger partial charge >= 0.3 is 5.97 Å². The van der Waals surface area contributed by atoms with E-state index in [1.54, 1.807) is 6.08 Å². The van der Waals surface area contributed by atoms with Crippen LogP contribution in [0.4, 0.5) is 0 Å². The Morgan fingerprint density at radius 2 is 1.95 bits per heavy atom. The summed E-state index contributed by atoms with van der Waals surface area (Å²) in [6.45, 7) is 4.01. The monoisotopic (exact) mass is 273 g/mol. The molecule has 1 fully saturated rings. The minimum Gasteiger partial charge on any atom is -0.477 e. The molecule has 0 saturated heterocycles. The van der Waals surface area contributed by atoms with Gasteiger partial charge in [0.25, 0.3) is 0 Å². The van der Waals surface area contributed by atoms with Crippen molar-refractivity contribution < 1.29 is 14.7 Å². The number of hydrogen-bond donors (Lipinski definition) is 2. The summed E-state index contributed by atoms with van der Waals surface area (Å²) in [5.41, 5.74) is 0.960. The summed E-state index contributed by atoms with van der Waals surface area (Å²) in [7, 11) is 0. The predicted octanol–water partition coefficient (Wildman–Crippen LogP) is 2.36. The molecule has 1 aliphatic carbocycles. The Hall–Kier alpha value is -2.10. The third-order valence-corrected chi connectivity index (χ3v) is 3.70. The smallest absolute Gasteiger partial charge is 0.352 e. The number of carbonyl (C=O) groups is 2. The molecule has 2 rings (SSSR count). The summed E-state index contributed by atoms with van der Waals surface area (Å²) >= 11 is 0. The van der Waals surface area contributed by atoms with E-state index in [4.69, 9.17) is 5.11 Å². The normalized spacial score (nSPS) is 20.3. The number of hydrogen-bond acceptors (Lipinski definition) is 2. The third-order valence-electron chi connectivity index (χ3n) is 3.70. The van der Waals surface area contributed by atoms with Crippen LogP contribution in [0.3, 0.4) is 0 Å². The van der Waals surface area contributed by atoms with Gasteiger partial charge in [-0.3, -0.25) is 4.79 Å². The summed E-state index contributed by atoms with van der Waals surface area (Å²) in [6, 6.07) is 9.54. The molecule has 4 heteroatoms. The average Bonchev–Trinajstić information content (AvgIpc) is 3.04. The van der Waals surface area contributed by atoms with Gasteiger partial charge < -0.3 is 10.4 Å². The van der Waals surface area contributed by atoms with Crippen molar-refractivity contribution in [2.45, 2.75) is 26.7 Å². The third kappa shape index (κ3) is 3.47. The lowest BCUT2D eigenvalue weighted by molar-refractivity contribution is -0.135. The number of rotatable bonds is 5. The van der Waals surface area contributed by atoms with Crippen molar-refractivity contribution in [1.29, 1.82) is 0 Å². The summed E-state index contributed by atoms with van der Waals surface area (Å²) in [5.74, 6) is -1.38. The highest BCUT2D eigenvalue weighted by Crippen LogP contribution is 2.51. The lowest BCUT2D eigenvalue weighted by Crippen LogP contribution is -2.29. The topological polar surface area (TPSA) is 66.4 Å². The van der Waals surface area contributed by atoms with Gasteiger partial charge in [0.05, 0.1) is 0 Å². The molecule has 1 saturated carbocycles. The van der Waals surface area contributed by atoms with Crippen LogP contribution < -0.4 is 5.32 Å². The molecule has 0 bridgehead atoms. The molecule has 106 valence electrons. The lowest BCUT2D eigenvalue weighted by atomic mass is 10.1. The van der Waals surface area contributed by atoms with E-state index < -0.39 is 5.97 Å². The zero-order valence-corrected chi connectivity index (χ0v) is 11.7. The van der Waals surface area contributed by atoms with Crippen molar-refractivity contribution in [2.75, 3.05) is 0 Å². The van der Waals surface area contributed by atoms with Gasteiger partial charge in [0, 0.05) is 5.92 Å². The second kappa shape index (κ2) is 5.49. The first-order chi connectivity index (χ1) is 9.40. The number of benzene rings is 1. The summed E-state index contributed by atoms with van der Waals surface area (Å²) in [4.78, 5) is 23.1. The molecule has 0 aromatic heterocycles. The molecule has 0 radical (unpaired) electrons. The Morgan fingerprint density at radius 1 is 1.35 bits per heavy atom. The number of carboxylic acids is 1. The van der Waals surface area contributed by atoms with E-state index in [0.717, 1.165) is 12.0 Å². The Labute approximate surface area is 118 Å². The maximum Gasteiger partial charge on any atom is 0.352 e. The number of allylic oxidation sites excluding steroid dienone is 1. The van der Waals surface area contributed by atoms with Crippen LogP contribution >= 0.6 is 0 Å². The van der Waals surface area contributed by atoms with Gasteiger partial charge in [-0.25, -0.2) is 4.79 Å². The van der Waals surface area contributed by atoms with Crippen molar-refractivity contribution in [2.24, 2.45) is 11.3 Å². The summed E-state index contributed by atoms with van der Waals surface area (Å²) < 4.78 is 0. The fourth-order valence-electron chi connectivity index (χ4n) is 2.16. The molecule has 0 spiro atoms. The molecule has 1 unspecified atom stereocenters. The van der Waals surface area contributed by atoms with Gasteiger partial charge in [-0.2, -0.15) is 0 Å². The van der Waals surface area contributed by atoms with Gasteiger partial charge in [-0.1, -0.05) is 44.2 Å². The number of aliphatic carboxylic acids is 1. The minimum absolute atomic E-state index is 0.00682. The SMILES string of the molecule is CC1(C)CC1C(=O)NC(=CCc1ccccc1)C(=O)O. The molecule has 0 heterocycles. The second-order valence-electron chi connectivity index (χ2n) is 5.85. The average molecular weight is 273 g/mol. The van der Waals surface area contributed by atoms with E-state index in [0.29, 0.717) is 6.42 Å². The first-order valence-corrected chi connectivity index (χ1v) is 6.68. The van der Waals surface area contributed by atoms with Crippen LogP contribution in [0.2, 0.25) is 0 Å². The fourth-order valence-corrected chi connectivity index (χ4v) is 2.16. The zero-order valence-electron chi connectivity index (χ0n) is 11.7. The van der Waals surface area contributed by atoms with Crippen molar-refractivity contribution >= 4 is 11.9 Å². The quantitative estimate of drug-likeness (QED) is 0.809. The zero-order chi connectivity index (χ0) is 14.8. The number of carbonyl (C=O) groups excluding carboxylic acids is 1. The Morgan fingerprint density at radius 3 is 2.45 bits per heavy atom. The highest BCUT2D eigenvalue weighted by atomic mass is 16.4. The van der Waals surface area contributed by atoms with Gasteiger partial charge in [0.15, 0.2) is 0 Å². The minimum atomic E-state index is -1.10. The molecule has 1 atom stereocenters. The molecular formula is C16H19NO3. The van der Waals surface area contributed by atoms with Crippen molar-refractivity contribution in [3.05, 3.63) is 47.7 Å². The molecule has 2 N–H and O–H groups in total. The van der Waals surface area contributed by atoms with Crippen molar-refractivity contribution in [3.63, 3.8) is 0 Å². The Balaban J connectivity index is 2.00. The summed E-state index contributed by atoms with van der Waals surface area (Å²) in [5, 5.41) is 11.7. The van der Waals surface area contributed by atoms with Crippen molar-refractivity contribution in [1.82, 2.24) is 5.32 Å². The standard InChI is InChI=1S/C16H19NO3/c1-16(2)10-12(16)14(18)17-13(15(19)20)9-8-11-6-4-3-5-7-11/h3-7,9,12H,8,10H2,1-2H3,(H,17,18)(H,19,20). The van der Waals surface area contributed by atoms with E-state index in [1.165, 1.54) is 0 Å². The Bertz CT molecular complexity index is 546. The van der Waals surface area contributed by atoms with Gasteiger partial charge in [-0.15, -0.1) is 0 Å². The van der Waals surface area contributed by atoms with Crippen molar-refractivity contribution in [3.8, 4) is 0 Å². The van der Waals surface area contributed by atoms with E-state index >= 15 is 0 Å². The molecule has 1 aromatic carbocycles. The van der Waals surface area contributed by atoms with E-state index in [-0.39, 0.29) is 22.9 Å². The summed E-state index contributed by atoms with van der Waals surface area (Å²) in [6.07, 6.45) is 2.84. The lowest BCUT2D eigenvalue weighted by Gasteiger charge is -2.07. The van der Waals surface area contributed by atoms with Crippen LogP contribution in [0.5, 0.6) is 0 Å². The first kappa shape index (κ1) is 14.3. The predicted molar refractivity (Wildman–Crippen MR) is 75.9 cm³/mol. The molecule has 1 amide bonds. The molecular weight excluding hydrogens is 254 g/mol. The maximum absolute atomic E-state index is 11.9. The largest absolute Gasteiger partial charge is 0.477 e. The number of amides is 1. The highest BCUT2D eigenvalue weighted by Gasteiger charge is 2.50. The van der Waals surface area contributed by atoms with Crippen LogP contribution in [-0.4, -0.2) is 17.0 Å². The maximum atomic E-state index is 11.9. The molecule has 20 heavy (non-hydrogen) atoms. The molecule has 1 aliphatic rings. The molecule has 0 aliphatic heterocycles. The van der Waals surface area contributed by atoms with Crippen LogP contribution in [0, 0.1) is 11.3 Å². The molecule has 4 nitrogen and oxygen atoms in total. The Kier molecular flexibility index (Phi) is 3.93. The first-order valence-electron chi connectivity index (χ1n) is 6.68. The van der Waals surface area contributed by atoms with Crippen LogP contribution in [0.1, 0.15) is 25.8 Å². The van der Waals surface area contributed by atoms with Gasteiger partial charge in [-0.05, 0) is 29.9 Å². The van der Waals surface area contributed by atoms with Crippen LogP contribution in [-0.2, 0) is 16.0 Å². The fraction of sp³-hybridized carbons (Fsp3) is 0.375. The second-order valence-corrected chi connectivity index (χ2v) is 5.85.